The molecule has 5 heteroatoms. The third-order valence-electron chi connectivity index (χ3n) is 3.16. The van der Waals surface area contributed by atoms with Crippen LogP contribution < -0.4 is 4.90 Å². The summed E-state index contributed by atoms with van der Waals surface area (Å²) in [4.78, 5) is 7.23. The van der Waals surface area contributed by atoms with Gasteiger partial charge in [-0.15, -0.1) is 0 Å². The molecule has 0 unspecified atom stereocenters. The Labute approximate surface area is 115 Å². The zero-order valence-corrected chi connectivity index (χ0v) is 11.1. The Morgan fingerprint density at radius 3 is 2.95 bits per heavy atom. The quantitative estimate of drug-likeness (QED) is 0.842. The molecule has 1 aliphatic heterocycles. The van der Waals surface area contributed by atoms with E-state index in [0.29, 0.717) is 18.1 Å². The molecule has 1 aliphatic rings. The number of nitrogens with zero attached hydrogens (tertiary/aromatic N) is 3. The smallest absolute Gasteiger partial charge is 0.187 e. The Morgan fingerprint density at radius 1 is 1.37 bits per heavy atom. The first-order valence-corrected chi connectivity index (χ1v) is 6.95. The maximum Gasteiger partial charge on any atom is 0.187 e. The SMILES string of the molecule is N#Cc1cnc(N2CCOC[C@H]2c2ccccc2)s1. The van der Waals surface area contributed by atoms with E-state index in [1.165, 1.54) is 16.9 Å². The standard InChI is InChI=1S/C14H13N3OS/c15-8-12-9-16-14(19-12)17-6-7-18-10-13(17)11-4-2-1-3-5-11/h1-5,9,13H,6-7,10H2/t13-/m0/s1. The van der Waals surface area contributed by atoms with Gasteiger partial charge in [-0.05, 0) is 5.56 Å². The average Bonchev–Trinajstić information content (AvgIpc) is 2.97. The molecule has 0 spiro atoms. The number of thiazole rings is 1. The first-order chi connectivity index (χ1) is 9.38. The molecule has 1 aromatic carbocycles. The summed E-state index contributed by atoms with van der Waals surface area (Å²) in [5, 5.41) is 9.81. The van der Waals surface area contributed by atoms with E-state index in [1.54, 1.807) is 6.20 Å². The Bertz CT molecular complexity index is 590. The first kappa shape index (κ1) is 12.2. The van der Waals surface area contributed by atoms with Crippen molar-refractivity contribution in [3.8, 4) is 6.07 Å². The van der Waals surface area contributed by atoms with Gasteiger partial charge in [0.2, 0.25) is 0 Å². The van der Waals surface area contributed by atoms with Crippen molar-refractivity contribution in [2.45, 2.75) is 6.04 Å². The molecule has 0 aliphatic carbocycles. The maximum absolute atomic E-state index is 8.91. The number of benzene rings is 1. The number of aromatic nitrogens is 1. The van der Waals surface area contributed by atoms with Gasteiger partial charge in [0.15, 0.2) is 5.13 Å². The van der Waals surface area contributed by atoms with Crippen LogP contribution in [0.15, 0.2) is 36.5 Å². The van der Waals surface area contributed by atoms with E-state index in [2.05, 4.69) is 28.1 Å². The van der Waals surface area contributed by atoms with E-state index in [-0.39, 0.29) is 6.04 Å². The van der Waals surface area contributed by atoms with Crippen LogP contribution in [0.2, 0.25) is 0 Å². The van der Waals surface area contributed by atoms with Crippen molar-refractivity contribution in [3.05, 3.63) is 47.0 Å². The van der Waals surface area contributed by atoms with Crippen molar-refractivity contribution in [2.24, 2.45) is 0 Å². The Kier molecular flexibility index (Phi) is 3.45. The Hall–Kier alpha value is -1.90. The molecule has 96 valence electrons. The molecule has 1 fully saturated rings. The van der Waals surface area contributed by atoms with E-state index in [4.69, 9.17) is 10.00 Å². The predicted octanol–water partition coefficient (Wildman–Crippen LogP) is 2.59. The van der Waals surface area contributed by atoms with Crippen molar-refractivity contribution in [3.63, 3.8) is 0 Å². The fourth-order valence-corrected chi connectivity index (χ4v) is 3.02. The lowest BCUT2D eigenvalue weighted by molar-refractivity contribution is 0.0941. The average molecular weight is 271 g/mol. The van der Waals surface area contributed by atoms with Crippen LogP contribution in [0.25, 0.3) is 0 Å². The number of rotatable bonds is 2. The van der Waals surface area contributed by atoms with Crippen LogP contribution in [0.3, 0.4) is 0 Å². The zero-order valence-electron chi connectivity index (χ0n) is 10.3. The van der Waals surface area contributed by atoms with E-state index < -0.39 is 0 Å². The lowest BCUT2D eigenvalue weighted by Gasteiger charge is -2.35. The summed E-state index contributed by atoms with van der Waals surface area (Å²) in [6.07, 6.45) is 1.64. The van der Waals surface area contributed by atoms with E-state index in [1.807, 2.05) is 18.2 Å². The summed E-state index contributed by atoms with van der Waals surface area (Å²) in [5.74, 6) is 0. The minimum absolute atomic E-state index is 0.174. The van der Waals surface area contributed by atoms with Gasteiger partial charge in [0.25, 0.3) is 0 Å². The number of anilines is 1. The molecule has 1 aromatic heterocycles. The third kappa shape index (κ3) is 2.46. The number of morpholine rings is 1. The second-order valence-corrected chi connectivity index (χ2v) is 5.32. The minimum atomic E-state index is 0.174. The second kappa shape index (κ2) is 5.39. The largest absolute Gasteiger partial charge is 0.377 e. The van der Waals surface area contributed by atoms with Gasteiger partial charge in [-0.3, -0.25) is 0 Å². The summed E-state index contributed by atoms with van der Waals surface area (Å²) >= 11 is 1.44. The lowest BCUT2D eigenvalue weighted by Crippen LogP contribution is -2.39. The molecule has 2 heterocycles. The minimum Gasteiger partial charge on any atom is -0.377 e. The fourth-order valence-electron chi connectivity index (χ4n) is 2.23. The monoisotopic (exact) mass is 271 g/mol. The maximum atomic E-state index is 8.91. The van der Waals surface area contributed by atoms with Crippen molar-refractivity contribution in [1.29, 1.82) is 5.26 Å². The molecule has 0 bridgehead atoms. The molecule has 0 amide bonds. The third-order valence-corrected chi connectivity index (χ3v) is 4.10. The molecule has 19 heavy (non-hydrogen) atoms. The van der Waals surface area contributed by atoms with Gasteiger partial charge in [0.1, 0.15) is 10.9 Å². The zero-order chi connectivity index (χ0) is 13.1. The normalized spacial score (nSPS) is 19.1. The van der Waals surface area contributed by atoms with Crippen LogP contribution in [-0.4, -0.2) is 24.7 Å². The van der Waals surface area contributed by atoms with Crippen molar-refractivity contribution < 1.29 is 4.74 Å². The highest BCUT2D eigenvalue weighted by molar-refractivity contribution is 7.16. The molecule has 4 nitrogen and oxygen atoms in total. The fraction of sp³-hybridized carbons (Fsp3) is 0.286. The van der Waals surface area contributed by atoms with Crippen LogP contribution in [0, 0.1) is 11.3 Å². The predicted molar refractivity (Wildman–Crippen MR) is 74.2 cm³/mol. The van der Waals surface area contributed by atoms with Crippen LogP contribution in [0.1, 0.15) is 16.5 Å². The van der Waals surface area contributed by atoms with E-state index in [9.17, 15) is 0 Å². The van der Waals surface area contributed by atoms with Gasteiger partial charge in [0.05, 0.1) is 25.5 Å². The number of ether oxygens (including phenoxy) is 1. The molecule has 3 rings (SSSR count). The highest BCUT2D eigenvalue weighted by atomic mass is 32.1. The first-order valence-electron chi connectivity index (χ1n) is 6.14. The molecule has 1 atom stereocenters. The van der Waals surface area contributed by atoms with Gasteiger partial charge in [-0.2, -0.15) is 5.26 Å². The Balaban J connectivity index is 1.91. The highest BCUT2D eigenvalue weighted by Crippen LogP contribution is 2.32. The molecule has 0 N–H and O–H groups in total. The highest BCUT2D eigenvalue weighted by Gasteiger charge is 2.26. The molecule has 0 saturated carbocycles. The summed E-state index contributed by atoms with van der Waals surface area (Å²) in [5.41, 5.74) is 1.22. The summed E-state index contributed by atoms with van der Waals surface area (Å²) in [6, 6.07) is 12.6. The van der Waals surface area contributed by atoms with Crippen LogP contribution in [-0.2, 0) is 4.74 Å². The van der Waals surface area contributed by atoms with Crippen molar-refractivity contribution in [1.82, 2.24) is 4.98 Å². The summed E-state index contributed by atoms with van der Waals surface area (Å²) < 4.78 is 5.59. The van der Waals surface area contributed by atoms with Crippen LogP contribution >= 0.6 is 11.3 Å². The molecular formula is C14H13N3OS. The number of hydrogen-bond acceptors (Lipinski definition) is 5. The lowest BCUT2D eigenvalue weighted by atomic mass is 10.1. The van der Waals surface area contributed by atoms with Gasteiger partial charge >= 0.3 is 0 Å². The van der Waals surface area contributed by atoms with E-state index >= 15 is 0 Å². The second-order valence-electron chi connectivity index (χ2n) is 4.31. The summed E-state index contributed by atoms with van der Waals surface area (Å²) in [6.45, 7) is 2.16. The van der Waals surface area contributed by atoms with Gasteiger partial charge < -0.3 is 9.64 Å². The van der Waals surface area contributed by atoms with Gasteiger partial charge in [-0.1, -0.05) is 41.7 Å². The van der Waals surface area contributed by atoms with Crippen molar-refractivity contribution in [2.75, 3.05) is 24.7 Å². The topological polar surface area (TPSA) is 49.2 Å². The van der Waals surface area contributed by atoms with Gasteiger partial charge in [0, 0.05) is 6.54 Å². The molecule has 1 saturated heterocycles. The van der Waals surface area contributed by atoms with Crippen molar-refractivity contribution >= 4 is 16.5 Å². The Morgan fingerprint density at radius 2 is 2.21 bits per heavy atom. The summed E-state index contributed by atoms with van der Waals surface area (Å²) in [7, 11) is 0. The van der Waals surface area contributed by atoms with Gasteiger partial charge in [-0.25, -0.2) is 4.98 Å². The molecular weight excluding hydrogens is 258 g/mol. The number of nitriles is 1. The van der Waals surface area contributed by atoms with Crippen LogP contribution in [0.5, 0.6) is 0 Å². The molecule has 2 aromatic rings. The van der Waals surface area contributed by atoms with Crippen LogP contribution in [0.4, 0.5) is 5.13 Å². The molecule has 0 radical (unpaired) electrons. The number of hydrogen-bond donors (Lipinski definition) is 0. The van der Waals surface area contributed by atoms with E-state index in [0.717, 1.165) is 11.7 Å².